The Morgan fingerprint density at radius 1 is 1.46 bits per heavy atom. The van der Waals surface area contributed by atoms with Crippen LogP contribution in [0, 0.1) is 15.1 Å². The van der Waals surface area contributed by atoms with Crippen molar-refractivity contribution in [1.82, 2.24) is 0 Å². The fraction of sp³-hybridized carbons (Fsp3) is 0.316. The van der Waals surface area contributed by atoms with Gasteiger partial charge in [-0.05, 0) is 60.2 Å². The number of furan rings is 1. The molecule has 0 saturated heterocycles. The lowest BCUT2D eigenvalue weighted by molar-refractivity contribution is -0.112. The Labute approximate surface area is 188 Å². The number of carbonyl (C=O) groups excluding carboxylic acids is 2. The van der Waals surface area contributed by atoms with Crippen LogP contribution in [0.25, 0.3) is 6.08 Å². The number of nitrogens with one attached hydrogen (secondary N) is 1. The van der Waals surface area contributed by atoms with Crippen molar-refractivity contribution in [3.05, 3.63) is 41.6 Å². The van der Waals surface area contributed by atoms with E-state index in [1.54, 1.807) is 13.0 Å². The predicted molar refractivity (Wildman–Crippen MR) is 118 cm³/mol. The molecular weight excluding hydrogens is 559 g/mol. The summed E-state index contributed by atoms with van der Waals surface area (Å²) in [5.74, 6) is -0.641. The van der Waals surface area contributed by atoms with Crippen LogP contribution in [0.15, 0.2) is 20.5 Å². The van der Waals surface area contributed by atoms with Crippen molar-refractivity contribution in [3.63, 3.8) is 0 Å². The van der Waals surface area contributed by atoms with Crippen molar-refractivity contribution in [3.8, 4) is 6.07 Å². The molecule has 0 aromatic carbocycles. The molecule has 0 fully saturated rings. The third-order valence-corrected chi connectivity index (χ3v) is 7.53. The Balaban J connectivity index is 1.91. The summed E-state index contributed by atoms with van der Waals surface area (Å²) in [7, 11) is 0. The van der Waals surface area contributed by atoms with Crippen LogP contribution in [-0.4, -0.2) is 18.5 Å². The summed E-state index contributed by atoms with van der Waals surface area (Å²) in [5.41, 5.74) is 1.26. The molecule has 28 heavy (non-hydrogen) atoms. The van der Waals surface area contributed by atoms with Crippen molar-refractivity contribution >= 4 is 72.8 Å². The molecule has 1 N–H and O–H groups in total. The van der Waals surface area contributed by atoms with Crippen molar-refractivity contribution in [2.75, 3.05) is 11.9 Å². The first-order valence-electron chi connectivity index (χ1n) is 8.64. The quantitative estimate of drug-likeness (QED) is 0.226. The minimum Gasteiger partial charge on any atom is -0.462 e. The smallest absolute Gasteiger partial charge is 0.341 e. The van der Waals surface area contributed by atoms with Crippen molar-refractivity contribution in [2.24, 2.45) is 0 Å². The van der Waals surface area contributed by atoms with E-state index in [0.29, 0.717) is 20.1 Å². The average molecular weight is 575 g/mol. The third kappa shape index (κ3) is 4.50. The molecule has 0 bridgehead atoms. The highest BCUT2D eigenvalue weighted by Crippen LogP contribution is 2.38. The van der Waals surface area contributed by atoms with Gasteiger partial charge in [0.15, 0.2) is 3.77 Å². The van der Waals surface area contributed by atoms with Gasteiger partial charge in [0.05, 0.1) is 16.6 Å². The van der Waals surface area contributed by atoms with E-state index >= 15 is 0 Å². The van der Waals surface area contributed by atoms with Crippen LogP contribution in [0.4, 0.5) is 5.00 Å². The molecule has 0 saturated carbocycles. The van der Waals surface area contributed by atoms with Crippen LogP contribution in [-0.2, 0) is 22.4 Å². The number of hydrogen-bond donors (Lipinski definition) is 1. The number of thiophene rings is 1. The summed E-state index contributed by atoms with van der Waals surface area (Å²) >= 11 is 6.72. The van der Waals surface area contributed by atoms with Gasteiger partial charge in [-0.3, -0.25) is 4.79 Å². The van der Waals surface area contributed by atoms with Crippen molar-refractivity contribution < 1.29 is 18.7 Å². The molecule has 146 valence electrons. The second-order valence-electron chi connectivity index (χ2n) is 6.03. The van der Waals surface area contributed by atoms with E-state index in [1.165, 1.54) is 17.4 Å². The fourth-order valence-corrected chi connectivity index (χ4v) is 4.96. The van der Waals surface area contributed by atoms with Gasteiger partial charge in [0, 0.05) is 33.5 Å². The maximum Gasteiger partial charge on any atom is 0.341 e. The summed E-state index contributed by atoms with van der Waals surface area (Å²) in [6, 6.07) is 3.58. The summed E-state index contributed by atoms with van der Waals surface area (Å²) < 4.78 is 12.0. The van der Waals surface area contributed by atoms with E-state index in [4.69, 9.17) is 9.15 Å². The monoisotopic (exact) mass is 574 g/mol. The zero-order valence-electron chi connectivity index (χ0n) is 14.9. The second kappa shape index (κ2) is 9.24. The lowest BCUT2D eigenvalue weighted by Crippen LogP contribution is -2.16. The molecule has 2 heterocycles. The highest BCUT2D eigenvalue weighted by atomic mass is 127. The minimum atomic E-state index is -0.589. The van der Waals surface area contributed by atoms with Crippen LogP contribution >= 0.6 is 49.9 Å². The van der Waals surface area contributed by atoms with Crippen molar-refractivity contribution in [2.45, 2.75) is 32.6 Å². The number of esters is 1. The summed E-state index contributed by atoms with van der Waals surface area (Å²) in [5, 5.41) is 12.6. The molecule has 1 aliphatic rings. The lowest BCUT2D eigenvalue weighted by atomic mass is 9.95. The number of nitrogens with zero attached hydrogens (tertiary/aromatic N) is 1. The largest absolute Gasteiger partial charge is 0.462 e. The molecule has 1 aliphatic carbocycles. The van der Waals surface area contributed by atoms with E-state index in [-0.39, 0.29) is 12.2 Å². The Morgan fingerprint density at radius 2 is 2.21 bits per heavy atom. The number of fused-ring (bicyclic) bond motifs is 1. The molecule has 2 aromatic rings. The summed E-state index contributed by atoms with van der Waals surface area (Å²) in [6.07, 6.45) is 5.09. The topological polar surface area (TPSA) is 92.3 Å². The zero-order valence-corrected chi connectivity index (χ0v) is 19.5. The highest BCUT2D eigenvalue weighted by Gasteiger charge is 2.27. The number of anilines is 1. The van der Waals surface area contributed by atoms with Crippen LogP contribution < -0.4 is 5.32 Å². The number of carbonyl (C=O) groups is 2. The van der Waals surface area contributed by atoms with Gasteiger partial charge in [-0.25, -0.2) is 4.79 Å². The Bertz CT molecular complexity index is 983. The van der Waals surface area contributed by atoms with Gasteiger partial charge in [0.25, 0.3) is 5.91 Å². The van der Waals surface area contributed by atoms with Gasteiger partial charge >= 0.3 is 5.97 Å². The number of hydrogen-bond acceptors (Lipinski definition) is 6. The molecule has 0 radical (unpaired) electrons. The van der Waals surface area contributed by atoms with Crippen molar-refractivity contribution in [1.29, 1.82) is 5.26 Å². The maximum absolute atomic E-state index is 12.7. The first-order chi connectivity index (χ1) is 13.4. The van der Waals surface area contributed by atoms with Crippen LogP contribution in [0.1, 0.15) is 46.3 Å². The van der Waals surface area contributed by atoms with E-state index in [9.17, 15) is 14.9 Å². The van der Waals surface area contributed by atoms with E-state index < -0.39 is 11.9 Å². The molecule has 9 heteroatoms. The van der Waals surface area contributed by atoms with Crippen LogP contribution in [0.5, 0.6) is 0 Å². The van der Waals surface area contributed by atoms with E-state index in [1.807, 2.05) is 28.7 Å². The molecule has 0 spiro atoms. The Kier molecular flexibility index (Phi) is 6.95. The number of ether oxygens (including phenoxy) is 1. The second-order valence-corrected chi connectivity index (χ2v) is 8.97. The number of halogens is 2. The molecule has 0 atom stereocenters. The SMILES string of the molecule is CCOC(=O)c1c(NC(=O)C(C#N)=Cc2cc(Br)c(I)o2)sc2c1CCCC2. The van der Waals surface area contributed by atoms with Gasteiger partial charge in [-0.15, -0.1) is 11.3 Å². The molecule has 6 nitrogen and oxygen atoms in total. The van der Waals surface area contributed by atoms with Gasteiger partial charge < -0.3 is 14.5 Å². The molecule has 0 aliphatic heterocycles. The van der Waals surface area contributed by atoms with E-state index in [2.05, 4.69) is 21.2 Å². The number of amides is 1. The minimum absolute atomic E-state index is 0.112. The highest BCUT2D eigenvalue weighted by molar-refractivity contribution is 14.1. The summed E-state index contributed by atoms with van der Waals surface area (Å²) in [4.78, 5) is 26.3. The fourth-order valence-electron chi connectivity index (χ4n) is 2.97. The number of aryl methyl sites for hydroxylation is 1. The van der Waals surface area contributed by atoms with Gasteiger partial charge in [0.1, 0.15) is 22.4 Å². The first kappa shape index (κ1) is 21.1. The van der Waals surface area contributed by atoms with Gasteiger partial charge in [-0.1, -0.05) is 0 Å². The molecule has 2 aromatic heterocycles. The third-order valence-electron chi connectivity index (χ3n) is 4.19. The zero-order chi connectivity index (χ0) is 20.3. The molecule has 1 amide bonds. The van der Waals surface area contributed by atoms with Gasteiger partial charge in [-0.2, -0.15) is 5.26 Å². The van der Waals surface area contributed by atoms with Crippen LogP contribution in [0.3, 0.4) is 0 Å². The lowest BCUT2D eigenvalue weighted by Gasteiger charge is -2.12. The van der Waals surface area contributed by atoms with Gasteiger partial charge in [0.2, 0.25) is 0 Å². The molecular formula is C19H16BrIN2O4S. The molecule has 0 unspecified atom stereocenters. The number of rotatable bonds is 5. The standard InChI is InChI=1S/C19H16BrIN2O4S/c1-2-26-19(25)15-12-5-3-4-6-14(12)28-18(15)23-17(24)10(9-22)7-11-8-13(20)16(21)27-11/h7-8H,2-6H2,1H3,(H,23,24). The van der Waals surface area contributed by atoms with E-state index in [0.717, 1.165) is 40.6 Å². The normalized spacial score (nSPS) is 13.6. The predicted octanol–water partition coefficient (Wildman–Crippen LogP) is 5.31. The maximum atomic E-state index is 12.7. The number of nitriles is 1. The molecule has 3 rings (SSSR count). The Morgan fingerprint density at radius 3 is 2.86 bits per heavy atom. The Hall–Kier alpha value is -1.64. The first-order valence-corrected chi connectivity index (χ1v) is 11.3. The average Bonchev–Trinajstić information content (AvgIpc) is 3.18. The van der Waals surface area contributed by atoms with Crippen LogP contribution in [0.2, 0.25) is 0 Å². The summed E-state index contributed by atoms with van der Waals surface area (Å²) in [6.45, 7) is 2.00.